The van der Waals surface area contributed by atoms with Crippen LogP contribution in [0, 0.1) is 11.7 Å². The lowest BCUT2D eigenvalue weighted by molar-refractivity contribution is -0.134. The average molecular weight is 277 g/mol. The summed E-state index contributed by atoms with van der Waals surface area (Å²) in [5.41, 5.74) is 0.434. The Morgan fingerprint density at radius 2 is 1.90 bits per heavy atom. The minimum atomic E-state index is -0.336. The maximum atomic E-state index is 13.5. The quantitative estimate of drug-likeness (QED) is 0.848. The van der Waals surface area contributed by atoms with Crippen molar-refractivity contribution in [3.05, 3.63) is 35.6 Å². The Labute approximate surface area is 118 Å². The van der Waals surface area contributed by atoms with Crippen molar-refractivity contribution in [2.24, 2.45) is 5.92 Å². The first-order chi connectivity index (χ1) is 9.61. The van der Waals surface area contributed by atoms with Crippen molar-refractivity contribution in [2.45, 2.75) is 32.6 Å². The normalized spacial score (nSPS) is 16.2. The Morgan fingerprint density at radius 1 is 1.25 bits per heavy atom. The van der Waals surface area contributed by atoms with Gasteiger partial charge in [-0.3, -0.25) is 9.59 Å². The SMILES string of the molecule is CCC(=O)C1CCN(C(=O)Cc2ccccc2F)CC1. The number of piperidine rings is 1. The number of halogens is 1. The van der Waals surface area contributed by atoms with Crippen LogP contribution in [0.3, 0.4) is 0 Å². The molecule has 20 heavy (non-hydrogen) atoms. The molecule has 1 amide bonds. The highest BCUT2D eigenvalue weighted by Crippen LogP contribution is 2.20. The number of nitrogens with zero attached hydrogens (tertiary/aromatic N) is 1. The molecular formula is C16H20FNO2. The van der Waals surface area contributed by atoms with Crippen LogP contribution in [0.4, 0.5) is 4.39 Å². The smallest absolute Gasteiger partial charge is 0.227 e. The third-order valence-corrected chi connectivity index (χ3v) is 3.95. The molecule has 1 fully saturated rings. The van der Waals surface area contributed by atoms with Crippen molar-refractivity contribution < 1.29 is 14.0 Å². The van der Waals surface area contributed by atoms with Gasteiger partial charge in [0.25, 0.3) is 0 Å². The molecule has 0 bridgehead atoms. The molecule has 1 aliphatic heterocycles. The van der Waals surface area contributed by atoms with Gasteiger partial charge >= 0.3 is 0 Å². The van der Waals surface area contributed by atoms with Crippen LogP contribution in [0.5, 0.6) is 0 Å². The van der Waals surface area contributed by atoms with E-state index in [2.05, 4.69) is 0 Å². The van der Waals surface area contributed by atoms with Crippen LogP contribution >= 0.6 is 0 Å². The van der Waals surface area contributed by atoms with Gasteiger partial charge in [-0.15, -0.1) is 0 Å². The number of rotatable bonds is 4. The Morgan fingerprint density at radius 3 is 2.50 bits per heavy atom. The first kappa shape index (κ1) is 14.7. The molecule has 0 aromatic heterocycles. The second-order valence-corrected chi connectivity index (χ2v) is 5.24. The van der Waals surface area contributed by atoms with Crippen molar-refractivity contribution in [3.8, 4) is 0 Å². The number of hydrogen-bond donors (Lipinski definition) is 0. The molecule has 0 N–H and O–H groups in total. The van der Waals surface area contributed by atoms with E-state index in [4.69, 9.17) is 0 Å². The largest absolute Gasteiger partial charge is 0.342 e. The standard InChI is InChI=1S/C16H20FNO2/c1-2-15(19)12-7-9-18(10-8-12)16(20)11-13-5-3-4-6-14(13)17/h3-6,12H,2,7-11H2,1H3. The summed E-state index contributed by atoms with van der Waals surface area (Å²) < 4.78 is 13.5. The summed E-state index contributed by atoms with van der Waals surface area (Å²) in [4.78, 5) is 25.5. The number of carbonyl (C=O) groups excluding carboxylic acids is 2. The van der Waals surface area contributed by atoms with E-state index < -0.39 is 0 Å². The third-order valence-electron chi connectivity index (χ3n) is 3.95. The molecule has 108 valence electrons. The van der Waals surface area contributed by atoms with Crippen LogP contribution in [-0.4, -0.2) is 29.7 Å². The lowest BCUT2D eigenvalue weighted by atomic mass is 9.91. The second kappa shape index (κ2) is 6.64. The van der Waals surface area contributed by atoms with E-state index in [1.54, 1.807) is 23.1 Å². The van der Waals surface area contributed by atoms with Crippen LogP contribution in [-0.2, 0) is 16.0 Å². The topological polar surface area (TPSA) is 37.4 Å². The highest BCUT2D eigenvalue weighted by molar-refractivity contribution is 5.82. The molecule has 1 saturated heterocycles. The summed E-state index contributed by atoms with van der Waals surface area (Å²) in [6.45, 7) is 3.07. The minimum absolute atomic E-state index is 0.0579. The number of likely N-dealkylation sites (tertiary alicyclic amines) is 1. The van der Waals surface area contributed by atoms with E-state index in [0.29, 0.717) is 25.1 Å². The highest BCUT2D eigenvalue weighted by atomic mass is 19.1. The number of hydrogen-bond acceptors (Lipinski definition) is 2. The lowest BCUT2D eigenvalue weighted by Crippen LogP contribution is -2.41. The fraction of sp³-hybridized carbons (Fsp3) is 0.500. The summed E-state index contributed by atoms with van der Waals surface area (Å²) in [5.74, 6) is -0.0156. The molecule has 0 unspecified atom stereocenters. The van der Waals surface area contributed by atoms with Crippen molar-refractivity contribution in [2.75, 3.05) is 13.1 Å². The molecule has 2 rings (SSSR count). The molecule has 1 aromatic carbocycles. The van der Waals surface area contributed by atoms with Gasteiger partial charge in [-0.25, -0.2) is 4.39 Å². The first-order valence-electron chi connectivity index (χ1n) is 7.15. The maximum absolute atomic E-state index is 13.5. The molecule has 0 radical (unpaired) electrons. The van der Waals surface area contributed by atoms with Crippen LogP contribution in [0.25, 0.3) is 0 Å². The fourth-order valence-electron chi connectivity index (χ4n) is 2.66. The summed E-state index contributed by atoms with van der Waals surface area (Å²) in [7, 11) is 0. The van der Waals surface area contributed by atoms with E-state index >= 15 is 0 Å². The van der Waals surface area contributed by atoms with Crippen molar-refractivity contribution in [1.82, 2.24) is 4.90 Å². The molecule has 3 nitrogen and oxygen atoms in total. The Hall–Kier alpha value is -1.71. The highest BCUT2D eigenvalue weighted by Gasteiger charge is 2.26. The van der Waals surface area contributed by atoms with Gasteiger partial charge in [0.2, 0.25) is 5.91 Å². The molecule has 1 aromatic rings. The van der Waals surface area contributed by atoms with Crippen molar-refractivity contribution in [1.29, 1.82) is 0 Å². The van der Waals surface area contributed by atoms with Gasteiger partial charge in [0.1, 0.15) is 11.6 Å². The minimum Gasteiger partial charge on any atom is -0.342 e. The Balaban J connectivity index is 1.89. The van der Waals surface area contributed by atoms with Crippen LogP contribution in [0.2, 0.25) is 0 Å². The number of Topliss-reactive ketones (excluding diaryl/α,β-unsaturated/α-hetero) is 1. The summed E-state index contributed by atoms with van der Waals surface area (Å²) >= 11 is 0. The van der Waals surface area contributed by atoms with Gasteiger partial charge in [-0.2, -0.15) is 0 Å². The van der Waals surface area contributed by atoms with Gasteiger partial charge in [0.15, 0.2) is 0 Å². The van der Waals surface area contributed by atoms with E-state index in [1.165, 1.54) is 6.07 Å². The first-order valence-corrected chi connectivity index (χ1v) is 7.15. The monoisotopic (exact) mass is 277 g/mol. The lowest BCUT2D eigenvalue weighted by Gasteiger charge is -2.31. The van der Waals surface area contributed by atoms with E-state index in [-0.39, 0.29) is 29.8 Å². The number of amides is 1. The van der Waals surface area contributed by atoms with Gasteiger partial charge in [-0.1, -0.05) is 25.1 Å². The molecule has 0 atom stereocenters. The average Bonchev–Trinajstić information content (AvgIpc) is 2.49. The molecular weight excluding hydrogens is 257 g/mol. The fourth-order valence-corrected chi connectivity index (χ4v) is 2.66. The Bertz CT molecular complexity index is 493. The molecule has 0 saturated carbocycles. The van der Waals surface area contributed by atoms with Gasteiger partial charge in [-0.05, 0) is 24.5 Å². The van der Waals surface area contributed by atoms with Gasteiger partial charge in [0, 0.05) is 25.4 Å². The van der Waals surface area contributed by atoms with E-state index in [0.717, 1.165) is 12.8 Å². The molecule has 0 aliphatic carbocycles. The Kier molecular flexibility index (Phi) is 4.88. The van der Waals surface area contributed by atoms with Gasteiger partial charge < -0.3 is 4.90 Å². The van der Waals surface area contributed by atoms with E-state index in [1.807, 2.05) is 6.92 Å². The zero-order chi connectivity index (χ0) is 14.5. The van der Waals surface area contributed by atoms with Crippen molar-refractivity contribution in [3.63, 3.8) is 0 Å². The molecule has 0 spiro atoms. The number of carbonyl (C=O) groups is 2. The van der Waals surface area contributed by atoms with Gasteiger partial charge in [0.05, 0.1) is 6.42 Å². The van der Waals surface area contributed by atoms with Crippen LogP contribution in [0.1, 0.15) is 31.7 Å². The summed E-state index contributed by atoms with van der Waals surface area (Å²) in [6.07, 6.45) is 2.12. The maximum Gasteiger partial charge on any atom is 0.227 e. The van der Waals surface area contributed by atoms with Crippen LogP contribution in [0.15, 0.2) is 24.3 Å². The molecule has 1 aliphatic rings. The third kappa shape index (κ3) is 3.44. The summed E-state index contributed by atoms with van der Waals surface area (Å²) in [5, 5.41) is 0. The number of ketones is 1. The second-order valence-electron chi connectivity index (χ2n) is 5.24. The van der Waals surface area contributed by atoms with Crippen molar-refractivity contribution >= 4 is 11.7 Å². The van der Waals surface area contributed by atoms with E-state index in [9.17, 15) is 14.0 Å². The summed E-state index contributed by atoms with van der Waals surface area (Å²) in [6, 6.07) is 6.36. The number of benzene rings is 1. The predicted octanol–water partition coefficient (Wildman–Crippen LogP) is 2.59. The zero-order valence-corrected chi connectivity index (χ0v) is 11.8. The molecule has 4 heteroatoms. The van der Waals surface area contributed by atoms with Crippen LogP contribution < -0.4 is 0 Å². The zero-order valence-electron chi connectivity index (χ0n) is 11.8. The molecule has 1 heterocycles. The predicted molar refractivity (Wildman–Crippen MR) is 74.7 cm³/mol.